The molecule has 0 spiro atoms. The highest BCUT2D eigenvalue weighted by molar-refractivity contribution is 6.46. The number of hydrogen-bond donors (Lipinski definition) is 1. The van der Waals surface area contributed by atoms with Gasteiger partial charge in [0.25, 0.3) is 11.8 Å². The Kier molecular flexibility index (Phi) is 4.91. The molecule has 144 valence electrons. The van der Waals surface area contributed by atoms with Gasteiger partial charge in [0.05, 0.1) is 11.3 Å². The zero-order valence-corrected chi connectivity index (χ0v) is 16.2. The van der Waals surface area contributed by atoms with Crippen LogP contribution in [0.25, 0.3) is 5.57 Å². The first-order chi connectivity index (χ1) is 13.9. The summed E-state index contributed by atoms with van der Waals surface area (Å²) in [6, 6.07) is 19.4. The first kappa shape index (κ1) is 18.9. The van der Waals surface area contributed by atoms with E-state index in [2.05, 4.69) is 5.32 Å². The van der Waals surface area contributed by atoms with E-state index in [9.17, 15) is 14.0 Å². The molecule has 1 N–H and O–H groups in total. The number of rotatable bonds is 4. The molecule has 0 unspecified atom stereocenters. The second-order valence-electron chi connectivity index (χ2n) is 6.67. The van der Waals surface area contributed by atoms with Gasteiger partial charge in [0.1, 0.15) is 11.5 Å². The average molecular weight is 407 g/mol. The van der Waals surface area contributed by atoms with Crippen molar-refractivity contribution >= 4 is 40.4 Å². The van der Waals surface area contributed by atoms with Crippen molar-refractivity contribution in [2.75, 3.05) is 10.2 Å². The quantitative estimate of drug-likeness (QED) is 0.607. The third kappa shape index (κ3) is 3.65. The Balaban J connectivity index is 1.82. The normalized spacial score (nSPS) is 14.0. The lowest BCUT2D eigenvalue weighted by Crippen LogP contribution is -2.32. The van der Waals surface area contributed by atoms with Crippen molar-refractivity contribution in [3.05, 3.63) is 100 Å². The molecule has 0 aromatic heterocycles. The van der Waals surface area contributed by atoms with Gasteiger partial charge in [-0.2, -0.15) is 0 Å². The van der Waals surface area contributed by atoms with Gasteiger partial charge in [0, 0.05) is 10.7 Å². The molecule has 29 heavy (non-hydrogen) atoms. The maximum atomic E-state index is 13.4. The van der Waals surface area contributed by atoms with Gasteiger partial charge in [-0.15, -0.1) is 0 Å². The summed E-state index contributed by atoms with van der Waals surface area (Å²) in [6.45, 7) is 1.93. The summed E-state index contributed by atoms with van der Waals surface area (Å²) in [7, 11) is 0. The van der Waals surface area contributed by atoms with Crippen LogP contribution in [0.15, 0.2) is 78.5 Å². The first-order valence-corrected chi connectivity index (χ1v) is 9.30. The van der Waals surface area contributed by atoms with Crippen molar-refractivity contribution in [1.29, 1.82) is 0 Å². The standard InChI is InChI=1S/C23H16ClFN2O2/c1-14-3-2-4-18(13-14)26-21-20(15-5-9-17(25)10-6-15)22(28)27(23(21)29)19-11-7-16(24)8-12-19/h2-13,26H,1H3. The Morgan fingerprint density at radius 3 is 2.24 bits per heavy atom. The van der Waals surface area contributed by atoms with Crippen LogP contribution >= 0.6 is 11.6 Å². The van der Waals surface area contributed by atoms with Crippen LogP contribution in [0.2, 0.25) is 5.02 Å². The van der Waals surface area contributed by atoms with E-state index in [1.807, 2.05) is 31.2 Å². The van der Waals surface area contributed by atoms with E-state index in [0.717, 1.165) is 10.5 Å². The highest BCUT2D eigenvalue weighted by Crippen LogP contribution is 2.34. The van der Waals surface area contributed by atoms with E-state index in [1.54, 1.807) is 24.3 Å². The number of nitrogens with zero attached hydrogens (tertiary/aromatic N) is 1. The highest BCUT2D eigenvalue weighted by atomic mass is 35.5. The van der Waals surface area contributed by atoms with Crippen molar-refractivity contribution < 1.29 is 14.0 Å². The van der Waals surface area contributed by atoms with E-state index < -0.39 is 17.6 Å². The molecule has 4 rings (SSSR count). The van der Waals surface area contributed by atoms with Crippen LogP contribution in [0.4, 0.5) is 15.8 Å². The summed E-state index contributed by atoms with van der Waals surface area (Å²) in [5, 5.41) is 3.58. The molecule has 0 radical (unpaired) electrons. The lowest BCUT2D eigenvalue weighted by atomic mass is 10.0. The Labute approximate surface area is 172 Å². The minimum Gasteiger partial charge on any atom is -0.350 e. The van der Waals surface area contributed by atoms with Crippen LogP contribution in [-0.2, 0) is 9.59 Å². The molecule has 3 aromatic rings. The number of nitrogens with one attached hydrogen (secondary N) is 1. The molecule has 0 atom stereocenters. The van der Waals surface area contributed by atoms with Gasteiger partial charge in [-0.05, 0) is 66.6 Å². The second kappa shape index (κ2) is 7.53. The summed E-state index contributed by atoms with van der Waals surface area (Å²) < 4.78 is 13.4. The molecule has 0 bridgehead atoms. The fourth-order valence-electron chi connectivity index (χ4n) is 3.22. The molecule has 1 aliphatic heterocycles. The average Bonchev–Trinajstić information content (AvgIpc) is 2.93. The number of anilines is 2. The summed E-state index contributed by atoms with van der Waals surface area (Å²) in [5.74, 6) is -1.40. The van der Waals surface area contributed by atoms with Crippen molar-refractivity contribution in [3.63, 3.8) is 0 Å². The SMILES string of the molecule is Cc1cccc(NC2=C(c3ccc(F)cc3)C(=O)N(c3ccc(Cl)cc3)C2=O)c1. The van der Waals surface area contributed by atoms with Crippen LogP contribution in [0, 0.1) is 12.7 Å². The van der Waals surface area contributed by atoms with Gasteiger partial charge in [-0.3, -0.25) is 9.59 Å². The number of amides is 2. The van der Waals surface area contributed by atoms with Gasteiger partial charge < -0.3 is 5.32 Å². The smallest absolute Gasteiger partial charge is 0.282 e. The zero-order valence-electron chi connectivity index (χ0n) is 15.4. The summed E-state index contributed by atoms with van der Waals surface area (Å²) in [5.41, 5.74) is 2.87. The maximum Gasteiger partial charge on any atom is 0.282 e. The Hall–Kier alpha value is -3.44. The largest absolute Gasteiger partial charge is 0.350 e. The van der Waals surface area contributed by atoms with Gasteiger partial charge in [-0.25, -0.2) is 9.29 Å². The van der Waals surface area contributed by atoms with Crippen LogP contribution in [0.3, 0.4) is 0 Å². The van der Waals surface area contributed by atoms with Crippen LogP contribution in [0.1, 0.15) is 11.1 Å². The van der Waals surface area contributed by atoms with Gasteiger partial charge >= 0.3 is 0 Å². The van der Waals surface area contributed by atoms with E-state index in [4.69, 9.17) is 11.6 Å². The molecule has 1 aliphatic rings. The summed E-state index contributed by atoms with van der Waals surface area (Å²) in [4.78, 5) is 27.5. The summed E-state index contributed by atoms with van der Waals surface area (Å²) in [6.07, 6.45) is 0. The molecule has 0 fully saturated rings. The van der Waals surface area contributed by atoms with Crippen molar-refractivity contribution in [2.45, 2.75) is 6.92 Å². The monoisotopic (exact) mass is 406 g/mol. The Morgan fingerprint density at radius 1 is 0.897 bits per heavy atom. The first-order valence-electron chi connectivity index (χ1n) is 8.92. The minimum absolute atomic E-state index is 0.141. The maximum absolute atomic E-state index is 13.4. The van der Waals surface area contributed by atoms with Crippen molar-refractivity contribution in [2.24, 2.45) is 0 Å². The van der Waals surface area contributed by atoms with Crippen LogP contribution in [0.5, 0.6) is 0 Å². The summed E-state index contributed by atoms with van der Waals surface area (Å²) >= 11 is 5.93. The number of hydrogen-bond acceptors (Lipinski definition) is 3. The highest BCUT2D eigenvalue weighted by Gasteiger charge is 2.40. The van der Waals surface area contributed by atoms with Crippen molar-refractivity contribution in [3.8, 4) is 0 Å². The van der Waals surface area contributed by atoms with Gasteiger partial charge in [-0.1, -0.05) is 35.9 Å². The number of carbonyl (C=O) groups is 2. The number of benzene rings is 3. The van der Waals surface area contributed by atoms with Crippen LogP contribution < -0.4 is 10.2 Å². The Morgan fingerprint density at radius 2 is 1.59 bits per heavy atom. The van der Waals surface area contributed by atoms with Crippen molar-refractivity contribution in [1.82, 2.24) is 0 Å². The van der Waals surface area contributed by atoms with Gasteiger partial charge in [0.2, 0.25) is 0 Å². The number of halogens is 2. The molecular formula is C23H16ClFN2O2. The molecule has 6 heteroatoms. The molecule has 0 saturated carbocycles. The molecule has 1 heterocycles. The fraction of sp³-hybridized carbons (Fsp3) is 0.0435. The van der Waals surface area contributed by atoms with E-state index in [1.165, 1.54) is 24.3 Å². The molecule has 4 nitrogen and oxygen atoms in total. The lowest BCUT2D eigenvalue weighted by molar-refractivity contribution is -0.120. The Bertz CT molecular complexity index is 1140. The van der Waals surface area contributed by atoms with Crippen LogP contribution in [-0.4, -0.2) is 11.8 Å². The number of aryl methyl sites for hydroxylation is 1. The topological polar surface area (TPSA) is 49.4 Å². The zero-order chi connectivity index (χ0) is 20.5. The predicted molar refractivity (Wildman–Crippen MR) is 112 cm³/mol. The number of imide groups is 1. The predicted octanol–water partition coefficient (Wildman–Crippen LogP) is 5.18. The third-order valence-corrected chi connectivity index (χ3v) is 4.84. The number of carbonyl (C=O) groups excluding carboxylic acids is 2. The molecular weight excluding hydrogens is 391 g/mol. The van der Waals surface area contributed by atoms with Gasteiger partial charge in [0.15, 0.2) is 0 Å². The molecule has 2 amide bonds. The lowest BCUT2D eigenvalue weighted by Gasteiger charge is -2.15. The van der Waals surface area contributed by atoms with E-state index >= 15 is 0 Å². The molecule has 3 aromatic carbocycles. The molecule has 0 aliphatic carbocycles. The van der Waals surface area contributed by atoms with E-state index in [0.29, 0.717) is 22.0 Å². The third-order valence-electron chi connectivity index (χ3n) is 4.59. The molecule has 0 saturated heterocycles. The fourth-order valence-corrected chi connectivity index (χ4v) is 3.35. The minimum atomic E-state index is -0.488. The van der Waals surface area contributed by atoms with E-state index in [-0.39, 0.29) is 11.3 Å². The second-order valence-corrected chi connectivity index (χ2v) is 7.11.